The number of carbonyl (C=O) groups is 1. The van der Waals surface area contributed by atoms with Crippen LogP contribution in [-0.4, -0.2) is 11.8 Å². The first kappa shape index (κ1) is 12.1. The first-order chi connectivity index (χ1) is 6.99. The summed E-state index contributed by atoms with van der Waals surface area (Å²) in [6, 6.07) is 3.82. The third-order valence-electron chi connectivity index (χ3n) is 1.95. The molecule has 2 N–H and O–H groups in total. The van der Waals surface area contributed by atoms with Crippen LogP contribution in [0.15, 0.2) is 18.2 Å². The van der Waals surface area contributed by atoms with Crippen molar-refractivity contribution < 1.29 is 9.18 Å². The number of Topliss-reactive ketones (excluding diaryl/α,β-unsaturated/α-hetero) is 1. The second-order valence-corrected chi connectivity index (χ2v) is 4.04. The van der Waals surface area contributed by atoms with Crippen molar-refractivity contribution >= 4 is 17.4 Å². The molecule has 0 radical (unpaired) electrons. The number of halogens is 2. The molecule has 2 nitrogen and oxygen atoms in total. The van der Waals surface area contributed by atoms with Gasteiger partial charge in [-0.1, -0.05) is 11.6 Å². The Bertz CT molecular complexity index is 366. The van der Waals surface area contributed by atoms with Crippen molar-refractivity contribution in [1.82, 2.24) is 0 Å². The number of hydrogen-bond acceptors (Lipinski definition) is 2. The summed E-state index contributed by atoms with van der Waals surface area (Å²) in [6.45, 7) is 1.76. The van der Waals surface area contributed by atoms with Crippen LogP contribution in [0.5, 0.6) is 0 Å². The highest BCUT2D eigenvalue weighted by Gasteiger charge is 2.09. The fraction of sp³-hybridized carbons (Fsp3) is 0.364. The van der Waals surface area contributed by atoms with E-state index >= 15 is 0 Å². The fourth-order valence-corrected chi connectivity index (χ4v) is 1.51. The molecular weight excluding hydrogens is 217 g/mol. The second kappa shape index (κ2) is 5.24. The minimum atomic E-state index is -0.386. The van der Waals surface area contributed by atoms with Gasteiger partial charge in [0.05, 0.1) is 0 Å². The molecule has 0 fully saturated rings. The predicted molar refractivity (Wildman–Crippen MR) is 58.4 cm³/mol. The van der Waals surface area contributed by atoms with E-state index in [0.29, 0.717) is 10.6 Å². The molecule has 1 unspecified atom stereocenters. The highest BCUT2D eigenvalue weighted by Crippen LogP contribution is 2.18. The van der Waals surface area contributed by atoms with E-state index in [9.17, 15) is 9.18 Å². The molecule has 1 aromatic rings. The van der Waals surface area contributed by atoms with Crippen LogP contribution in [0.25, 0.3) is 0 Å². The molecule has 0 spiro atoms. The fourth-order valence-electron chi connectivity index (χ4n) is 1.32. The van der Waals surface area contributed by atoms with E-state index in [1.54, 1.807) is 6.92 Å². The van der Waals surface area contributed by atoms with Crippen molar-refractivity contribution in [1.29, 1.82) is 0 Å². The molecular formula is C11H13ClFNO. The van der Waals surface area contributed by atoms with Crippen molar-refractivity contribution in [2.45, 2.75) is 25.8 Å². The van der Waals surface area contributed by atoms with Gasteiger partial charge in [0, 0.05) is 23.9 Å². The summed E-state index contributed by atoms with van der Waals surface area (Å²) in [5, 5.41) is 0.412. The second-order valence-electron chi connectivity index (χ2n) is 3.63. The van der Waals surface area contributed by atoms with Gasteiger partial charge in [-0.25, -0.2) is 4.39 Å². The van der Waals surface area contributed by atoms with Gasteiger partial charge in [0.15, 0.2) is 0 Å². The molecule has 4 heteroatoms. The summed E-state index contributed by atoms with van der Waals surface area (Å²) in [5.41, 5.74) is 6.00. The van der Waals surface area contributed by atoms with Gasteiger partial charge in [0.2, 0.25) is 0 Å². The van der Waals surface area contributed by atoms with Gasteiger partial charge < -0.3 is 5.73 Å². The zero-order valence-electron chi connectivity index (χ0n) is 8.47. The van der Waals surface area contributed by atoms with E-state index in [4.69, 9.17) is 17.3 Å². The van der Waals surface area contributed by atoms with E-state index in [1.165, 1.54) is 18.2 Å². The molecule has 1 atom stereocenters. The lowest BCUT2D eigenvalue weighted by atomic mass is 10.0. The topological polar surface area (TPSA) is 43.1 Å². The van der Waals surface area contributed by atoms with Crippen molar-refractivity contribution in [2.24, 2.45) is 5.73 Å². The van der Waals surface area contributed by atoms with Crippen LogP contribution in [0.1, 0.15) is 18.9 Å². The van der Waals surface area contributed by atoms with E-state index in [1.807, 2.05) is 0 Å². The maximum atomic E-state index is 12.9. The van der Waals surface area contributed by atoms with Crippen LogP contribution in [0.4, 0.5) is 4.39 Å². The Morgan fingerprint density at radius 3 is 2.87 bits per heavy atom. The maximum Gasteiger partial charge on any atom is 0.138 e. The molecule has 0 heterocycles. The Morgan fingerprint density at radius 1 is 1.60 bits per heavy atom. The smallest absolute Gasteiger partial charge is 0.138 e. The number of carbonyl (C=O) groups excluding carboxylic acids is 1. The third kappa shape index (κ3) is 3.98. The molecule has 0 bridgehead atoms. The van der Waals surface area contributed by atoms with Gasteiger partial charge in [-0.2, -0.15) is 0 Å². The normalized spacial score (nSPS) is 12.5. The molecule has 0 aliphatic carbocycles. The minimum absolute atomic E-state index is 0.0301. The monoisotopic (exact) mass is 229 g/mol. The average molecular weight is 230 g/mol. The van der Waals surface area contributed by atoms with Gasteiger partial charge in [-0.05, 0) is 30.7 Å². The van der Waals surface area contributed by atoms with Gasteiger partial charge >= 0.3 is 0 Å². The van der Waals surface area contributed by atoms with Crippen LogP contribution in [-0.2, 0) is 11.2 Å². The van der Waals surface area contributed by atoms with Gasteiger partial charge in [-0.3, -0.25) is 4.79 Å². The Balaban J connectivity index is 2.71. The molecule has 1 aromatic carbocycles. The summed E-state index contributed by atoms with van der Waals surface area (Å²) in [4.78, 5) is 11.4. The summed E-state index contributed by atoms with van der Waals surface area (Å²) in [5.74, 6) is -0.416. The Labute approximate surface area is 93.2 Å². The molecule has 0 saturated heterocycles. The number of nitrogens with two attached hydrogens (primary N) is 1. The zero-order chi connectivity index (χ0) is 11.4. The van der Waals surface area contributed by atoms with E-state index < -0.39 is 0 Å². The van der Waals surface area contributed by atoms with Crippen LogP contribution >= 0.6 is 11.6 Å². The molecule has 0 amide bonds. The SMILES string of the molecule is CC(N)CC(=O)Cc1cc(F)ccc1Cl. The lowest BCUT2D eigenvalue weighted by molar-refractivity contribution is -0.118. The van der Waals surface area contributed by atoms with E-state index in [0.717, 1.165) is 0 Å². The van der Waals surface area contributed by atoms with Gasteiger partial charge in [0.1, 0.15) is 11.6 Å². The summed E-state index contributed by atoms with van der Waals surface area (Å²) in [7, 11) is 0. The lowest BCUT2D eigenvalue weighted by Gasteiger charge is -2.06. The molecule has 15 heavy (non-hydrogen) atoms. The number of hydrogen-bond donors (Lipinski definition) is 1. The lowest BCUT2D eigenvalue weighted by Crippen LogP contribution is -2.20. The zero-order valence-corrected chi connectivity index (χ0v) is 9.22. The summed E-state index contributed by atoms with van der Waals surface area (Å²) < 4.78 is 12.9. The molecule has 82 valence electrons. The van der Waals surface area contributed by atoms with E-state index in [-0.39, 0.29) is 30.5 Å². The van der Waals surface area contributed by atoms with Crippen molar-refractivity contribution in [3.8, 4) is 0 Å². The predicted octanol–water partition coefficient (Wildman–Crippen LogP) is 2.33. The highest BCUT2D eigenvalue weighted by atomic mass is 35.5. The molecule has 0 saturated carbocycles. The molecule has 0 aliphatic heterocycles. The molecule has 1 rings (SSSR count). The quantitative estimate of drug-likeness (QED) is 0.861. The van der Waals surface area contributed by atoms with Crippen molar-refractivity contribution in [3.05, 3.63) is 34.6 Å². The van der Waals surface area contributed by atoms with Crippen LogP contribution in [0.3, 0.4) is 0 Å². The van der Waals surface area contributed by atoms with Crippen LogP contribution in [0.2, 0.25) is 5.02 Å². The minimum Gasteiger partial charge on any atom is -0.328 e. The molecule has 0 aromatic heterocycles. The van der Waals surface area contributed by atoms with Crippen LogP contribution < -0.4 is 5.73 Å². The first-order valence-electron chi connectivity index (χ1n) is 4.70. The van der Waals surface area contributed by atoms with E-state index in [2.05, 4.69) is 0 Å². The average Bonchev–Trinajstić information content (AvgIpc) is 2.10. The Hall–Kier alpha value is -0.930. The third-order valence-corrected chi connectivity index (χ3v) is 2.31. The largest absolute Gasteiger partial charge is 0.328 e. The summed E-state index contributed by atoms with van der Waals surface area (Å²) in [6.07, 6.45) is 0.422. The Morgan fingerprint density at radius 2 is 2.27 bits per heavy atom. The van der Waals surface area contributed by atoms with Crippen molar-refractivity contribution in [3.63, 3.8) is 0 Å². The Kier molecular flexibility index (Phi) is 4.24. The number of benzene rings is 1. The number of rotatable bonds is 4. The standard InChI is InChI=1S/C11H13ClFNO/c1-7(14)4-10(15)6-8-5-9(13)2-3-11(8)12/h2-3,5,7H,4,6,14H2,1H3. The first-order valence-corrected chi connectivity index (χ1v) is 5.08. The molecule has 0 aliphatic rings. The maximum absolute atomic E-state index is 12.9. The number of ketones is 1. The van der Waals surface area contributed by atoms with Gasteiger partial charge in [-0.15, -0.1) is 0 Å². The van der Waals surface area contributed by atoms with Crippen LogP contribution in [0, 0.1) is 5.82 Å². The van der Waals surface area contributed by atoms with Gasteiger partial charge in [0.25, 0.3) is 0 Å². The summed E-state index contributed by atoms with van der Waals surface area (Å²) >= 11 is 5.83. The highest BCUT2D eigenvalue weighted by molar-refractivity contribution is 6.31. The van der Waals surface area contributed by atoms with Crippen molar-refractivity contribution in [2.75, 3.05) is 0 Å².